The van der Waals surface area contributed by atoms with Crippen LogP contribution in [0.4, 0.5) is 0 Å². The molecule has 1 aromatic heterocycles. The van der Waals surface area contributed by atoms with Gasteiger partial charge in [0.1, 0.15) is 0 Å². The molecule has 1 N–H and O–H groups in total. The molecule has 3 nitrogen and oxygen atoms in total. The number of carboxylic acid groups (broad SMARTS) is 1. The zero-order valence-corrected chi connectivity index (χ0v) is 11.9. The molecule has 104 valence electrons. The third-order valence-corrected chi connectivity index (χ3v) is 3.68. The van der Waals surface area contributed by atoms with Crippen LogP contribution in [0.25, 0.3) is 22.2 Å². The van der Waals surface area contributed by atoms with Gasteiger partial charge in [-0.05, 0) is 43.2 Å². The van der Waals surface area contributed by atoms with E-state index in [9.17, 15) is 9.90 Å². The Hall–Kier alpha value is -2.68. The van der Waals surface area contributed by atoms with Gasteiger partial charge < -0.3 is 5.11 Å². The maximum atomic E-state index is 11.3. The molecule has 0 aliphatic heterocycles. The Morgan fingerprint density at radius 2 is 1.76 bits per heavy atom. The van der Waals surface area contributed by atoms with Gasteiger partial charge in [0, 0.05) is 10.9 Å². The van der Waals surface area contributed by atoms with Gasteiger partial charge in [-0.15, -0.1) is 0 Å². The fraction of sp³-hybridized carbons (Fsp3) is 0.111. The molecule has 0 saturated carbocycles. The fourth-order valence-electron chi connectivity index (χ4n) is 2.57. The lowest BCUT2D eigenvalue weighted by Crippen LogP contribution is -2.01. The van der Waals surface area contributed by atoms with E-state index in [0.717, 1.165) is 33.3 Å². The lowest BCUT2D eigenvalue weighted by atomic mass is 9.97. The average molecular weight is 277 g/mol. The van der Waals surface area contributed by atoms with E-state index >= 15 is 0 Å². The normalized spacial score (nSPS) is 10.8. The zero-order valence-electron chi connectivity index (χ0n) is 11.9. The molecular formula is C18H15NO2. The number of hydrogen-bond donors (Lipinski definition) is 1. The molecule has 3 heteroatoms. The highest BCUT2D eigenvalue weighted by Gasteiger charge is 2.12. The number of rotatable bonds is 2. The summed E-state index contributed by atoms with van der Waals surface area (Å²) in [6.07, 6.45) is 0. The molecule has 2 aromatic carbocycles. The van der Waals surface area contributed by atoms with Gasteiger partial charge in [0.25, 0.3) is 0 Å². The van der Waals surface area contributed by atoms with Crippen molar-refractivity contribution in [2.45, 2.75) is 13.8 Å². The second kappa shape index (κ2) is 5.02. The second-order valence-electron chi connectivity index (χ2n) is 5.18. The van der Waals surface area contributed by atoms with E-state index < -0.39 is 5.97 Å². The first-order valence-electron chi connectivity index (χ1n) is 6.77. The van der Waals surface area contributed by atoms with E-state index in [2.05, 4.69) is 4.98 Å². The molecule has 0 bridgehead atoms. The highest BCUT2D eigenvalue weighted by molar-refractivity contribution is 5.92. The van der Waals surface area contributed by atoms with E-state index in [1.54, 1.807) is 6.07 Å². The summed E-state index contributed by atoms with van der Waals surface area (Å²) in [6, 6.07) is 15.5. The number of aromatic carboxylic acids is 1. The van der Waals surface area contributed by atoms with Crippen molar-refractivity contribution in [3.63, 3.8) is 0 Å². The van der Waals surface area contributed by atoms with Crippen LogP contribution in [0.1, 0.15) is 21.5 Å². The highest BCUT2D eigenvalue weighted by Crippen LogP contribution is 2.27. The third kappa shape index (κ3) is 2.38. The Morgan fingerprint density at radius 3 is 2.52 bits per heavy atom. The number of hydrogen-bond acceptors (Lipinski definition) is 2. The molecule has 21 heavy (non-hydrogen) atoms. The van der Waals surface area contributed by atoms with Crippen LogP contribution >= 0.6 is 0 Å². The minimum Gasteiger partial charge on any atom is -0.478 e. The third-order valence-electron chi connectivity index (χ3n) is 3.68. The van der Waals surface area contributed by atoms with Crippen molar-refractivity contribution in [1.82, 2.24) is 4.98 Å². The molecule has 0 spiro atoms. The number of aryl methyl sites for hydroxylation is 2. The standard InChI is InChI=1S/C18H15NO2/c1-11-9-12(2)15(18(20)21)10-14(11)17-8-7-13-5-3-4-6-16(13)19-17/h3-10H,1-2H3,(H,20,21). The lowest BCUT2D eigenvalue weighted by molar-refractivity contribution is 0.0696. The monoisotopic (exact) mass is 277 g/mol. The van der Waals surface area contributed by atoms with Gasteiger partial charge in [-0.1, -0.05) is 30.3 Å². The predicted octanol–water partition coefficient (Wildman–Crippen LogP) is 4.22. The minimum absolute atomic E-state index is 0.325. The smallest absolute Gasteiger partial charge is 0.335 e. The van der Waals surface area contributed by atoms with Crippen molar-refractivity contribution in [1.29, 1.82) is 0 Å². The SMILES string of the molecule is Cc1cc(C)c(-c2ccc3ccccc3n2)cc1C(=O)O. The molecule has 0 unspecified atom stereocenters. The van der Waals surface area contributed by atoms with E-state index in [1.165, 1.54) is 0 Å². The van der Waals surface area contributed by atoms with Crippen molar-refractivity contribution in [2.24, 2.45) is 0 Å². The largest absolute Gasteiger partial charge is 0.478 e. The number of benzene rings is 2. The van der Waals surface area contributed by atoms with Crippen molar-refractivity contribution in [2.75, 3.05) is 0 Å². The topological polar surface area (TPSA) is 50.2 Å². The molecule has 0 saturated heterocycles. The zero-order chi connectivity index (χ0) is 15.0. The Labute approximate surface area is 122 Å². The van der Waals surface area contributed by atoms with Crippen molar-refractivity contribution < 1.29 is 9.90 Å². The number of pyridine rings is 1. The summed E-state index contributed by atoms with van der Waals surface area (Å²) < 4.78 is 0. The first-order chi connectivity index (χ1) is 10.1. The van der Waals surface area contributed by atoms with Crippen LogP contribution in [0.3, 0.4) is 0 Å². The van der Waals surface area contributed by atoms with Crippen molar-refractivity contribution in [3.05, 3.63) is 65.2 Å². The van der Waals surface area contributed by atoms with Crippen LogP contribution in [-0.4, -0.2) is 16.1 Å². The maximum Gasteiger partial charge on any atom is 0.335 e. The number of carboxylic acids is 1. The van der Waals surface area contributed by atoms with E-state index in [-0.39, 0.29) is 0 Å². The average Bonchev–Trinajstić information content (AvgIpc) is 2.46. The number of carbonyl (C=O) groups is 1. The number of fused-ring (bicyclic) bond motifs is 1. The van der Waals surface area contributed by atoms with E-state index in [0.29, 0.717) is 5.56 Å². The molecule has 0 aliphatic carbocycles. The van der Waals surface area contributed by atoms with Gasteiger partial charge in [0.05, 0.1) is 16.8 Å². The molecule has 3 rings (SSSR count). The molecule has 1 heterocycles. The van der Waals surface area contributed by atoms with Crippen LogP contribution < -0.4 is 0 Å². The number of aromatic nitrogens is 1. The van der Waals surface area contributed by atoms with Gasteiger partial charge in [0.2, 0.25) is 0 Å². The van der Waals surface area contributed by atoms with Gasteiger partial charge >= 0.3 is 5.97 Å². The Bertz CT molecular complexity index is 853. The summed E-state index contributed by atoms with van der Waals surface area (Å²) in [5.74, 6) is -0.908. The maximum absolute atomic E-state index is 11.3. The first-order valence-corrected chi connectivity index (χ1v) is 6.77. The van der Waals surface area contributed by atoms with Crippen molar-refractivity contribution >= 4 is 16.9 Å². The highest BCUT2D eigenvalue weighted by atomic mass is 16.4. The van der Waals surface area contributed by atoms with Crippen LogP contribution in [0, 0.1) is 13.8 Å². The summed E-state index contributed by atoms with van der Waals surface area (Å²) in [4.78, 5) is 16.0. The van der Waals surface area contributed by atoms with E-state index in [1.807, 2.05) is 56.3 Å². The lowest BCUT2D eigenvalue weighted by Gasteiger charge is -2.10. The van der Waals surface area contributed by atoms with Gasteiger partial charge in [-0.25, -0.2) is 9.78 Å². The summed E-state index contributed by atoms with van der Waals surface area (Å²) in [7, 11) is 0. The number of para-hydroxylation sites is 1. The Morgan fingerprint density at radius 1 is 1.00 bits per heavy atom. The number of nitrogens with zero attached hydrogens (tertiary/aromatic N) is 1. The molecule has 0 aliphatic rings. The summed E-state index contributed by atoms with van der Waals surface area (Å²) in [5, 5.41) is 10.4. The molecule has 3 aromatic rings. The quantitative estimate of drug-likeness (QED) is 0.763. The second-order valence-corrected chi connectivity index (χ2v) is 5.18. The van der Waals surface area contributed by atoms with Crippen LogP contribution in [0.15, 0.2) is 48.5 Å². The fourth-order valence-corrected chi connectivity index (χ4v) is 2.57. The van der Waals surface area contributed by atoms with Crippen LogP contribution in [-0.2, 0) is 0 Å². The van der Waals surface area contributed by atoms with Gasteiger partial charge in [-0.2, -0.15) is 0 Å². The van der Waals surface area contributed by atoms with Gasteiger partial charge in [0.15, 0.2) is 0 Å². The molecule has 0 atom stereocenters. The van der Waals surface area contributed by atoms with Gasteiger partial charge in [-0.3, -0.25) is 0 Å². The van der Waals surface area contributed by atoms with Crippen molar-refractivity contribution in [3.8, 4) is 11.3 Å². The summed E-state index contributed by atoms with van der Waals surface area (Å²) in [6.45, 7) is 3.79. The van der Waals surface area contributed by atoms with Crippen LogP contribution in [0.5, 0.6) is 0 Å². The molecule has 0 radical (unpaired) electrons. The predicted molar refractivity (Wildman–Crippen MR) is 83.6 cm³/mol. The summed E-state index contributed by atoms with van der Waals surface area (Å²) in [5.41, 5.74) is 4.69. The summed E-state index contributed by atoms with van der Waals surface area (Å²) >= 11 is 0. The van der Waals surface area contributed by atoms with Crippen LogP contribution in [0.2, 0.25) is 0 Å². The molecule has 0 amide bonds. The molecule has 0 fully saturated rings. The minimum atomic E-state index is -0.908. The Kier molecular flexibility index (Phi) is 3.18. The Balaban J connectivity index is 2.22. The van der Waals surface area contributed by atoms with E-state index in [4.69, 9.17) is 0 Å². The first kappa shape index (κ1) is 13.3. The molecular weight excluding hydrogens is 262 g/mol.